The number of rotatable bonds is 4. The highest BCUT2D eigenvalue weighted by Crippen LogP contribution is 2.24. The fraction of sp³-hybridized carbons (Fsp3) is 0.0909. The summed E-state index contributed by atoms with van der Waals surface area (Å²) >= 11 is 0. The summed E-state index contributed by atoms with van der Waals surface area (Å²) in [5, 5.41) is 18.2. The van der Waals surface area contributed by atoms with Gasteiger partial charge in [-0.1, -0.05) is 35.9 Å². The van der Waals surface area contributed by atoms with Gasteiger partial charge < -0.3 is 21.1 Å². The Kier molecular flexibility index (Phi) is 5.60. The molecule has 0 aliphatic carbocycles. The summed E-state index contributed by atoms with van der Waals surface area (Å²) in [6, 6.07) is 18.8. The minimum Gasteiger partial charge on any atom is -0.507 e. The molecule has 28 heavy (non-hydrogen) atoms. The van der Waals surface area contributed by atoms with E-state index in [0.717, 1.165) is 11.1 Å². The number of para-hydroxylation sites is 1. The Morgan fingerprint density at radius 3 is 2.25 bits per heavy atom. The smallest absolute Gasteiger partial charge is 0.323 e. The minimum atomic E-state index is -0.421. The number of urea groups is 1. The molecule has 0 aliphatic heterocycles. The van der Waals surface area contributed by atoms with E-state index in [1.165, 1.54) is 6.07 Å². The first-order valence-electron chi connectivity index (χ1n) is 8.77. The first-order valence-corrected chi connectivity index (χ1v) is 8.77. The van der Waals surface area contributed by atoms with Crippen molar-refractivity contribution < 1.29 is 14.7 Å². The summed E-state index contributed by atoms with van der Waals surface area (Å²) in [6.45, 7) is 3.69. The van der Waals surface area contributed by atoms with Gasteiger partial charge in [0.25, 0.3) is 5.91 Å². The second-order valence-electron chi connectivity index (χ2n) is 6.45. The van der Waals surface area contributed by atoms with Crippen molar-refractivity contribution in [2.24, 2.45) is 0 Å². The molecular weight excluding hydrogens is 354 g/mol. The van der Waals surface area contributed by atoms with Crippen molar-refractivity contribution in [2.75, 3.05) is 16.0 Å². The van der Waals surface area contributed by atoms with Crippen molar-refractivity contribution in [3.8, 4) is 5.75 Å². The Balaban J connectivity index is 1.73. The van der Waals surface area contributed by atoms with Crippen LogP contribution in [0, 0.1) is 13.8 Å². The number of aromatic hydroxyl groups is 1. The van der Waals surface area contributed by atoms with Crippen molar-refractivity contribution in [3.63, 3.8) is 0 Å². The van der Waals surface area contributed by atoms with E-state index in [1.54, 1.807) is 42.5 Å². The zero-order valence-electron chi connectivity index (χ0n) is 15.6. The zero-order chi connectivity index (χ0) is 20.1. The molecule has 0 unspecified atom stereocenters. The van der Waals surface area contributed by atoms with Crippen LogP contribution in [0.5, 0.6) is 5.75 Å². The van der Waals surface area contributed by atoms with Crippen molar-refractivity contribution in [3.05, 3.63) is 83.4 Å². The topological polar surface area (TPSA) is 90.5 Å². The summed E-state index contributed by atoms with van der Waals surface area (Å²) in [5.74, 6) is -0.507. The molecule has 3 aromatic rings. The third-order valence-corrected chi connectivity index (χ3v) is 4.17. The average Bonchev–Trinajstić information content (AvgIpc) is 2.67. The molecule has 3 aromatic carbocycles. The van der Waals surface area contributed by atoms with Crippen LogP contribution in [0.15, 0.2) is 66.7 Å². The molecule has 0 heterocycles. The van der Waals surface area contributed by atoms with Crippen LogP contribution >= 0.6 is 0 Å². The number of phenolic OH excluding ortho intramolecular Hbond substituents is 1. The number of aryl methyl sites for hydroxylation is 2. The lowest BCUT2D eigenvalue weighted by Gasteiger charge is -2.13. The molecule has 0 fully saturated rings. The SMILES string of the molecule is Cc1ccc(O)c(C(=O)Nc2cc(NC(=O)Nc3ccccc3)ccc2C)c1. The second-order valence-corrected chi connectivity index (χ2v) is 6.45. The molecule has 0 bridgehead atoms. The van der Waals surface area contributed by atoms with E-state index >= 15 is 0 Å². The van der Waals surface area contributed by atoms with E-state index < -0.39 is 5.91 Å². The van der Waals surface area contributed by atoms with Gasteiger partial charge in [-0.3, -0.25) is 4.79 Å². The second kappa shape index (κ2) is 8.26. The standard InChI is InChI=1S/C22H21N3O3/c1-14-8-11-20(26)18(12-14)21(27)25-19-13-17(10-9-15(19)2)24-22(28)23-16-6-4-3-5-7-16/h3-13,26H,1-2H3,(H,25,27)(H2,23,24,28). The summed E-state index contributed by atoms with van der Waals surface area (Å²) in [5.41, 5.74) is 3.64. The van der Waals surface area contributed by atoms with Crippen molar-refractivity contribution in [1.82, 2.24) is 0 Å². The largest absolute Gasteiger partial charge is 0.507 e. The molecule has 0 radical (unpaired) electrons. The number of anilines is 3. The van der Waals surface area contributed by atoms with Gasteiger partial charge in [-0.2, -0.15) is 0 Å². The number of benzene rings is 3. The van der Waals surface area contributed by atoms with Crippen LogP contribution in [0.3, 0.4) is 0 Å². The normalized spacial score (nSPS) is 10.2. The lowest BCUT2D eigenvalue weighted by Crippen LogP contribution is -2.19. The van der Waals surface area contributed by atoms with Crippen molar-refractivity contribution in [1.29, 1.82) is 0 Å². The molecule has 0 atom stereocenters. The van der Waals surface area contributed by atoms with Gasteiger partial charge in [0, 0.05) is 17.1 Å². The predicted molar refractivity (Wildman–Crippen MR) is 111 cm³/mol. The predicted octanol–water partition coefficient (Wildman–Crippen LogP) is 4.91. The van der Waals surface area contributed by atoms with E-state index in [2.05, 4.69) is 16.0 Å². The summed E-state index contributed by atoms with van der Waals surface area (Å²) < 4.78 is 0. The summed E-state index contributed by atoms with van der Waals surface area (Å²) in [4.78, 5) is 24.7. The number of hydrogen-bond acceptors (Lipinski definition) is 3. The summed E-state index contributed by atoms with van der Waals surface area (Å²) in [6.07, 6.45) is 0. The number of carbonyl (C=O) groups excluding carboxylic acids is 2. The molecule has 0 spiro atoms. The molecule has 142 valence electrons. The molecule has 0 aromatic heterocycles. The van der Waals surface area contributed by atoms with Gasteiger partial charge in [0.2, 0.25) is 0 Å². The highest BCUT2D eigenvalue weighted by molar-refractivity contribution is 6.07. The molecule has 6 nitrogen and oxygen atoms in total. The molecule has 6 heteroatoms. The molecule has 3 rings (SSSR count). The van der Waals surface area contributed by atoms with E-state index in [4.69, 9.17) is 0 Å². The van der Waals surface area contributed by atoms with Gasteiger partial charge in [0.1, 0.15) is 5.75 Å². The first-order chi connectivity index (χ1) is 13.4. The Labute approximate surface area is 163 Å². The Morgan fingerprint density at radius 1 is 0.786 bits per heavy atom. The maximum Gasteiger partial charge on any atom is 0.323 e. The van der Waals surface area contributed by atoms with Gasteiger partial charge >= 0.3 is 6.03 Å². The first kappa shape index (κ1) is 19.0. The minimum absolute atomic E-state index is 0.0859. The Hall–Kier alpha value is -3.80. The van der Waals surface area contributed by atoms with E-state index in [-0.39, 0.29) is 17.3 Å². The van der Waals surface area contributed by atoms with Gasteiger partial charge in [-0.05, 0) is 55.8 Å². The maximum absolute atomic E-state index is 12.5. The Morgan fingerprint density at radius 2 is 1.50 bits per heavy atom. The lowest BCUT2D eigenvalue weighted by atomic mass is 10.1. The van der Waals surface area contributed by atoms with Crippen LogP contribution in [0.2, 0.25) is 0 Å². The van der Waals surface area contributed by atoms with Crippen LogP contribution in [0.25, 0.3) is 0 Å². The fourth-order valence-corrected chi connectivity index (χ4v) is 2.67. The Bertz CT molecular complexity index is 1020. The average molecular weight is 375 g/mol. The number of phenols is 1. The molecule has 0 saturated carbocycles. The van der Waals surface area contributed by atoms with Crippen LogP contribution in [0.1, 0.15) is 21.5 Å². The van der Waals surface area contributed by atoms with Gasteiger partial charge in [0.05, 0.1) is 5.56 Å². The van der Waals surface area contributed by atoms with Gasteiger partial charge in [-0.25, -0.2) is 4.79 Å². The quantitative estimate of drug-likeness (QED) is 0.522. The molecule has 0 aliphatic rings. The number of amides is 3. The van der Waals surface area contributed by atoms with E-state index in [1.807, 2.05) is 32.0 Å². The van der Waals surface area contributed by atoms with E-state index in [9.17, 15) is 14.7 Å². The van der Waals surface area contributed by atoms with Crippen molar-refractivity contribution in [2.45, 2.75) is 13.8 Å². The van der Waals surface area contributed by atoms with Crippen LogP contribution in [0.4, 0.5) is 21.9 Å². The summed E-state index contributed by atoms with van der Waals surface area (Å²) in [7, 11) is 0. The maximum atomic E-state index is 12.5. The van der Waals surface area contributed by atoms with Crippen LogP contribution in [-0.4, -0.2) is 17.0 Å². The van der Waals surface area contributed by atoms with Crippen molar-refractivity contribution >= 4 is 29.0 Å². The highest BCUT2D eigenvalue weighted by Gasteiger charge is 2.13. The third-order valence-electron chi connectivity index (χ3n) is 4.17. The van der Waals surface area contributed by atoms with Gasteiger partial charge in [0.15, 0.2) is 0 Å². The lowest BCUT2D eigenvalue weighted by molar-refractivity contribution is 0.102. The third kappa shape index (κ3) is 4.67. The number of nitrogens with one attached hydrogen (secondary N) is 3. The number of hydrogen-bond donors (Lipinski definition) is 4. The number of carbonyl (C=O) groups is 2. The fourth-order valence-electron chi connectivity index (χ4n) is 2.67. The monoisotopic (exact) mass is 375 g/mol. The van der Waals surface area contributed by atoms with Crippen LogP contribution in [-0.2, 0) is 0 Å². The molecule has 4 N–H and O–H groups in total. The van der Waals surface area contributed by atoms with Gasteiger partial charge in [-0.15, -0.1) is 0 Å². The molecule has 0 saturated heterocycles. The molecular formula is C22H21N3O3. The highest BCUT2D eigenvalue weighted by atomic mass is 16.3. The zero-order valence-corrected chi connectivity index (χ0v) is 15.6. The molecule has 3 amide bonds. The van der Waals surface area contributed by atoms with E-state index in [0.29, 0.717) is 17.1 Å². The van der Waals surface area contributed by atoms with Crippen LogP contribution < -0.4 is 16.0 Å².